The molecule has 1 aliphatic carbocycles. The van der Waals surface area contributed by atoms with Crippen LogP contribution in [0, 0.1) is 0 Å². The second kappa shape index (κ2) is 6.27. The number of benzene rings is 1. The quantitative estimate of drug-likeness (QED) is 0.807. The van der Waals surface area contributed by atoms with Crippen LogP contribution in [0.3, 0.4) is 0 Å². The fourth-order valence-corrected chi connectivity index (χ4v) is 4.89. The zero-order valence-corrected chi connectivity index (χ0v) is 15.3. The molecule has 1 heterocycles. The number of aromatic nitrogens is 2. The molecule has 0 saturated heterocycles. The highest BCUT2D eigenvalue weighted by Crippen LogP contribution is 2.35. The molecule has 134 valence electrons. The lowest BCUT2D eigenvalue weighted by Crippen LogP contribution is -2.43. The monoisotopic (exact) mass is 363 g/mol. The fraction of sp³-hybridized carbons (Fsp3) is 0.412. The topological polar surface area (TPSA) is 81.4 Å². The van der Waals surface area contributed by atoms with Gasteiger partial charge in [-0.3, -0.25) is 9.36 Å². The van der Waals surface area contributed by atoms with Crippen LogP contribution in [0.4, 0.5) is 0 Å². The van der Waals surface area contributed by atoms with Crippen LogP contribution in [-0.4, -0.2) is 28.9 Å². The Labute approximate surface area is 146 Å². The van der Waals surface area contributed by atoms with Gasteiger partial charge in [-0.15, -0.1) is 0 Å². The summed E-state index contributed by atoms with van der Waals surface area (Å²) in [6.45, 7) is 0. The Bertz CT molecular complexity index is 1040. The molecule has 0 aliphatic heterocycles. The van der Waals surface area contributed by atoms with E-state index in [4.69, 9.17) is 0 Å². The van der Waals surface area contributed by atoms with E-state index in [1.165, 1.54) is 25.4 Å². The second-order valence-electron chi connectivity index (χ2n) is 6.38. The van der Waals surface area contributed by atoms with Crippen molar-refractivity contribution >= 4 is 10.0 Å². The minimum absolute atomic E-state index is 0.322. The number of sulfonamides is 1. The molecule has 0 unspecified atom stereocenters. The molecule has 0 saturated carbocycles. The molecular formula is C17H21N3O4S. The van der Waals surface area contributed by atoms with Gasteiger partial charge in [0.15, 0.2) is 4.90 Å². The first-order chi connectivity index (χ1) is 11.7. The Morgan fingerprint density at radius 3 is 2.56 bits per heavy atom. The highest BCUT2D eigenvalue weighted by Gasteiger charge is 2.34. The van der Waals surface area contributed by atoms with Crippen molar-refractivity contribution in [2.24, 2.45) is 14.1 Å². The molecule has 25 heavy (non-hydrogen) atoms. The van der Waals surface area contributed by atoms with Crippen molar-refractivity contribution in [1.29, 1.82) is 0 Å². The standard InChI is InChI=1S/C17H21N3O4S/c1-18-11-15(16(21)19(2)17(18)22)25(23,24)20(3)14-10-6-8-12-7-4-5-9-13(12)14/h4-5,7,9,11,14H,6,8,10H2,1-3H3/t14-/m0/s1. The summed E-state index contributed by atoms with van der Waals surface area (Å²) >= 11 is 0. The van der Waals surface area contributed by atoms with E-state index in [2.05, 4.69) is 0 Å². The first kappa shape index (κ1) is 17.6. The van der Waals surface area contributed by atoms with Gasteiger partial charge in [-0.25, -0.2) is 13.2 Å². The zero-order valence-electron chi connectivity index (χ0n) is 14.5. The van der Waals surface area contributed by atoms with Crippen molar-refractivity contribution in [2.45, 2.75) is 30.2 Å². The zero-order chi connectivity index (χ0) is 18.4. The van der Waals surface area contributed by atoms with E-state index >= 15 is 0 Å². The van der Waals surface area contributed by atoms with Crippen LogP contribution in [0.1, 0.15) is 30.0 Å². The Hall–Kier alpha value is -2.19. The van der Waals surface area contributed by atoms with E-state index < -0.39 is 21.3 Å². The lowest BCUT2D eigenvalue weighted by Gasteiger charge is -2.32. The van der Waals surface area contributed by atoms with Gasteiger partial charge in [-0.2, -0.15) is 4.31 Å². The summed E-state index contributed by atoms with van der Waals surface area (Å²) in [5, 5.41) is 0. The molecule has 1 aliphatic rings. The van der Waals surface area contributed by atoms with Gasteiger partial charge in [0, 0.05) is 27.3 Å². The minimum Gasteiger partial charge on any atom is -0.302 e. The average Bonchev–Trinajstić information content (AvgIpc) is 2.61. The molecule has 0 fully saturated rings. The van der Waals surface area contributed by atoms with E-state index in [0.29, 0.717) is 6.42 Å². The molecular weight excluding hydrogens is 342 g/mol. The molecule has 0 bridgehead atoms. The maximum absolute atomic E-state index is 13.1. The van der Waals surface area contributed by atoms with Gasteiger partial charge in [0.2, 0.25) is 10.0 Å². The summed E-state index contributed by atoms with van der Waals surface area (Å²) in [5.74, 6) is 0. The van der Waals surface area contributed by atoms with Crippen LogP contribution in [-0.2, 0) is 30.5 Å². The van der Waals surface area contributed by atoms with E-state index in [0.717, 1.165) is 39.3 Å². The predicted octanol–water partition coefficient (Wildman–Crippen LogP) is 0.782. The third kappa shape index (κ3) is 2.85. The SMILES string of the molecule is CN([C@H]1CCCc2ccccc21)S(=O)(=O)c1cn(C)c(=O)n(C)c1=O. The lowest BCUT2D eigenvalue weighted by atomic mass is 9.88. The molecule has 7 nitrogen and oxygen atoms in total. The van der Waals surface area contributed by atoms with Crippen LogP contribution in [0.2, 0.25) is 0 Å². The van der Waals surface area contributed by atoms with Crippen LogP contribution < -0.4 is 11.2 Å². The molecule has 8 heteroatoms. The minimum atomic E-state index is -4.03. The van der Waals surface area contributed by atoms with Crippen molar-refractivity contribution in [1.82, 2.24) is 13.4 Å². The van der Waals surface area contributed by atoms with Gasteiger partial charge in [0.1, 0.15) is 0 Å². The molecule has 0 N–H and O–H groups in total. The van der Waals surface area contributed by atoms with Crippen molar-refractivity contribution in [3.05, 3.63) is 62.4 Å². The number of rotatable bonds is 3. The smallest absolute Gasteiger partial charge is 0.302 e. The summed E-state index contributed by atoms with van der Waals surface area (Å²) in [7, 11) is 0.164. The van der Waals surface area contributed by atoms with Gasteiger partial charge in [-0.05, 0) is 30.4 Å². The van der Waals surface area contributed by atoms with Crippen molar-refractivity contribution < 1.29 is 8.42 Å². The molecule has 1 atom stereocenters. The van der Waals surface area contributed by atoms with Crippen LogP contribution in [0.5, 0.6) is 0 Å². The third-order valence-corrected chi connectivity index (χ3v) is 6.70. The molecule has 0 amide bonds. The largest absolute Gasteiger partial charge is 0.330 e. The summed E-state index contributed by atoms with van der Waals surface area (Å²) in [4.78, 5) is 23.8. The first-order valence-corrected chi connectivity index (χ1v) is 9.51. The predicted molar refractivity (Wildman–Crippen MR) is 94.0 cm³/mol. The first-order valence-electron chi connectivity index (χ1n) is 8.07. The Kier molecular flexibility index (Phi) is 4.42. The highest BCUT2D eigenvalue weighted by atomic mass is 32.2. The van der Waals surface area contributed by atoms with Crippen molar-refractivity contribution in [3.63, 3.8) is 0 Å². The van der Waals surface area contributed by atoms with Gasteiger partial charge in [0.25, 0.3) is 5.56 Å². The maximum atomic E-state index is 13.1. The Morgan fingerprint density at radius 2 is 1.84 bits per heavy atom. The second-order valence-corrected chi connectivity index (χ2v) is 8.35. The summed E-state index contributed by atoms with van der Waals surface area (Å²) in [5.41, 5.74) is 0.740. The van der Waals surface area contributed by atoms with E-state index in [1.807, 2.05) is 24.3 Å². The number of aryl methyl sites for hydroxylation is 2. The molecule has 1 aromatic carbocycles. The van der Waals surface area contributed by atoms with Crippen LogP contribution in [0.25, 0.3) is 0 Å². The molecule has 1 aromatic heterocycles. The maximum Gasteiger partial charge on any atom is 0.330 e. The fourth-order valence-electron chi connectivity index (χ4n) is 3.38. The van der Waals surface area contributed by atoms with Gasteiger partial charge >= 0.3 is 5.69 Å². The number of hydrogen-bond donors (Lipinski definition) is 0. The highest BCUT2D eigenvalue weighted by molar-refractivity contribution is 7.89. The number of fused-ring (bicyclic) bond motifs is 1. The normalized spacial score (nSPS) is 17.5. The van der Waals surface area contributed by atoms with E-state index in [9.17, 15) is 18.0 Å². The summed E-state index contributed by atoms with van der Waals surface area (Å²) < 4.78 is 29.3. The summed E-state index contributed by atoms with van der Waals surface area (Å²) in [6.07, 6.45) is 3.60. The molecule has 3 rings (SSSR count). The third-order valence-electron chi connectivity index (χ3n) is 4.85. The molecule has 2 aromatic rings. The van der Waals surface area contributed by atoms with E-state index in [1.54, 1.807) is 0 Å². The molecule has 0 spiro atoms. The van der Waals surface area contributed by atoms with Gasteiger partial charge < -0.3 is 4.57 Å². The Balaban J connectivity index is 2.11. The van der Waals surface area contributed by atoms with Crippen LogP contribution in [0.15, 0.2) is 44.9 Å². The molecule has 0 radical (unpaired) electrons. The Morgan fingerprint density at radius 1 is 1.16 bits per heavy atom. The number of hydrogen-bond acceptors (Lipinski definition) is 4. The summed E-state index contributed by atoms with van der Waals surface area (Å²) in [6, 6.07) is 7.45. The van der Waals surface area contributed by atoms with Gasteiger partial charge in [0.05, 0.1) is 6.04 Å². The van der Waals surface area contributed by atoms with Crippen molar-refractivity contribution in [3.8, 4) is 0 Å². The van der Waals surface area contributed by atoms with Gasteiger partial charge in [-0.1, -0.05) is 24.3 Å². The average molecular weight is 363 g/mol. The lowest BCUT2D eigenvalue weighted by molar-refractivity contribution is 0.336. The number of nitrogens with zero attached hydrogens (tertiary/aromatic N) is 3. The van der Waals surface area contributed by atoms with Crippen molar-refractivity contribution in [2.75, 3.05) is 7.05 Å². The van der Waals surface area contributed by atoms with E-state index in [-0.39, 0.29) is 10.9 Å². The van der Waals surface area contributed by atoms with Crippen LogP contribution >= 0.6 is 0 Å².